The monoisotopic (exact) mass is 330 g/mol. The summed E-state index contributed by atoms with van der Waals surface area (Å²) in [4.78, 5) is 45.0. The van der Waals surface area contributed by atoms with E-state index in [0.717, 1.165) is 0 Å². The van der Waals surface area contributed by atoms with Crippen molar-refractivity contribution in [1.82, 2.24) is 5.32 Å². The lowest BCUT2D eigenvalue weighted by atomic mass is 9.73. The van der Waals surface area contributed by atoms with E-state index in [1.807, 2.05) is 0 Å². The van der Waals surface area contributed by atoms with E-state index in [1.165, 1.54) is 0 Å². The fourth-order valence-electron chi connectivity index (χ4n) is 2.56. The molecule has 0 aromatic heterocycles. The van der Waals surface area contributed by atoms with E-state index < -0.39 is 40.6 Å². The Labute approximate surface area is 135 Å². The van der Waals surface area contributed by atoms with Crippen molar-refractivity contribution in [1.29, 1.82) is 0 Å². The normalized spacial score (nSPS) is 13.2. The van der Waals surface area contributed by atoms with Crippen molar-refractivity contribution in [2.75, 3.05) is 0 Å². The van der Waals surface area contributed by atoms with Crippen LogP contribution in [0.5, 0.6) is 0 Å². The van der Waals surface area contributed by atoms with Crippen LogP contribution in [0.15, 0.2) is 0 Å². The molecule has 0 radical (unpaired) electrons. The molecule has 0 fully saturated rings. The van der Waals surface area contributed by atoms with E-state index in [-0.39, 0.29) is 25.7 Å². The van der Waals surface area contributed by atoms with E-state index in [9.17, 15) is 19.2 Å². The van der Waals surface area contributed by atoms with Crippen molar-refractivity contribution in [3.63, 3.8) is 0 Å². The van der Waals surface area contributed by atoms with Crippen molar-refractivity contribution >= 4 is 23.8 Å². The number of aliphatic carboxylic acids is 2. The molecule has 0 rings (SSSR count). The highest BCUT2D eigenvalue weighted by molar-refractivity contribution is 5.84. The summed E-state index contributed by atoms with van der Waals surface area (Å²) in [5.74, 6) is -3.36. The molecule has 132 valence electrons. The van der Waals surface area contributed by atoms with Gasteiger partial charge in [0.15, 0.2) is 0 Å². The predicted molar refractivity (Wildman–Crippen MR) is 82.4 cm³/mol. The molecule has 8 nitrogen and oxygen atoms in total. The van der Waals surface area contributed by atoms with Crippen LogP contribution in [0.1, 0.15) is 53.4 Å². The van der Waals surface area contributed by atoms with Crippen molar-refractivity contribution in [2.24, 2.45) is 16.6 Å². The number of nitrogens with one attached hydrogen (secondary N) is 1. The minimum atomic E-state index is -1.25. The Bertz CT molecular complexity index is 484. The second-order valence-electron chi connectivity index (χ2n) is 7.17. The maximum absolute atomic E-state index is 12.0. The molecule has 0 aliphatic carbocycles. The van der Waals surface area contributed by atoms with E-state index in [0.29, 0.717) is 0 Å². The first-order valence-electron chi connectivity index (χ1n) is 7.31. The molecule has 0 saturated carbocycles. The van der Waals surface area contributed by atoms with Gasteiger partial charge in [-0.1, -0.05) is 13.8 Å². The number of carboxylic acid groups (broad SMARTS) is 2. The molecule has 0 spiro atoms. The lowest BCUT2D eigenvalue weighted by Crippen LogP contribution is -2.43. The summed E-state index contributed by atoms with van der Waals surface area (Å²) in [6.07, 6.45) is -0.00399. The van der Waals surface area contributed by atoms with Gasteiger partial charge >= 0.3 is 11.9 Å². The minimum absolute atomic E-state index is 0.0237. The molecule has 0 aliphatic rings. The zero-order valence-corrected chi connectivity index (χ0v) is 14.0. The van der Waals surface area contributed by atoms with Gasteiger partial charge < -0.3 is 21.3 Å². The largest absolute Gasteiger partial charge is 0.481 e. The number of rotatable bonds is 10. The molecule has 5 N–H and O–H groups in total. The molecule has 0 aromatic carbocycles. The number of primary amides is 1. The SMILES string of the molecule is CC(C)(CC(=O)NC(CCC(N)=O)C(=O)O)CC(C)(C)C(=O)O. The second kappa shape index (κ2) is 7.94. The Morgan fingerprint density at radius 1 is 1.09 bits per heavy atom. The summed E-state index contributed by atoms with van der Waals surface area (Å²) in [6.45, 7) is 6.64. The van der Waals surface area contributed by atoms with Crippen molar-refractivity contribution in [3.05, 3.63) is 0 Å². The van der Waals surface area contributed by atoms with Crippen LogP contribution in [0.4, 0.5) is 0 Å². The predicted octanol–water partition coefficient (Wildman–Crippen LogP) is 0.739. The van der Waals surface area contributed by atoms with Crippen LogP contribution in [0.2, 0.25) is 0 Å². The molecule has 8 heteroatoms. The topological polar surface area (TPSA) is 147 Å². The first kappa shape index (κ1) is 20.9. The molecule has 0 heterocycles. The lowest BCUT2D eigenvalue weighted by molar-refractivity contribution is -0.149. The number of amides is 2. The van der Waals surface area contributed by atoms with Gasteiger partial charge in [0.25, 0.3) is 0 Å². The van der Waals surface area contributed by atoms with Gasteiger partial charge in [-0.3, -0.25) is 14.4 Å². The zero-order valence-electron chi connectivity index (χ0n) is 14.0. The fraction of sp³-hybridized carbons (Fsp3) is 0.733. The van der Waals surface area contributed by atoms with Crippen molar-refractivity contribution in [2.45, 2.75) is 59.4 Å². The number of carbonyl (C=O) groups excluding carboxylic acids is 2. The summed E-state index contributed by atoms with van der Waals surface area (Å²) in [7, 11) is 0. The molecule has 1 unspecified atom stereocenters. The number of hydrogen-bond donors (Lipinski definition) is 4. The molecular weight excluding hydrogens is 304 g/mol. The van der Waals surface area contributed by atoms with Gasteiger partial charge in [-0.15, -0.1) is 0 Å². The average molecular weight is 330 g/mol. The smallest absolute Gasteiger partial charge is 0.326 e. The van der Waals surface area contributed by atoms with Crippen LogP contribution in [-0.2, 0) is 19.2 Å². The third kappa shape index (κ3) is 8.18. The highest BCUT2D eigenvalue weighted by Gasteiger charge is 2.36. The average Bonchev–Trinajstić information content (AvgIpc) is 2.31. The van der Waals surface area contributed by atoms with Crippen molar-refractivity contribution < 1.29 is 29.4 Å². The van der Waals surface area contributed by atoms with Gasteiger partial charge in [0, 0.05) is 12.8 Å². The van der Waals surface area contributed by atoms with Crippen LogP contribution < -0.4 is 11.1 Å². The maximum Gasteiger partial charge on any atom is 0.326 e. The highest BCUT2D eigenvalue weighted by Crippen LogP contribution is 2.36. The summed E-state index contributed by atoms with van der Waals surface area (Å²) < 4.78 is 0. The fourth-order valence-corrected chi connectivity index (χ4v) is 2.56. The van der Waals surface area contributed by atoms with Crippen LogP contribution in [0.25, 0.3) is 0 Å². The number of nitrogens with two attached hydrogens (primary N) is 1. The minimum Gasteiger partial charge on any atom is -0.481 e. The molecule has 2 amide bonds. The van der Waals surface area contributed by atoms with Gasteiger partial charge in [0.1, 0.15) is 6.04 Å². The molecule has 23 heavy (non-hydrogen) atoms. The molecular formula is C15H26N2O6. The maximum atomic E-state index is 12.0. The Kier molecular flexibility index (Phi) is 7.21. The number of carbonyl (C=O) groups is 4. The summed E-state index contributed by atoms with van der Waals surface area (Å²) in [6, 6.07) is -1.20. The van der Waals surface area contributed by atoms with Gasteiger partial charge in [-0.05, 0) is 32.1 Å². The summed E-state index contributed by atoms with van der Waals surface area (Å²) >= 11 is 0. The number of hydrogen-bond acceptors (Lipinski definition) is 4. The Balaban J connectivity index is 4.74. The van der Waals surface area contributed by atoms with E-state index in [2.05, 4.69) is 5.32 Å². The molecule has 0 aromatic rings. The Hall–Kier alpha value is -2.12. The lowest BCUT2D eigenvalue weighted by Gasteiger charge is -2.32. The Morgan fingerprint density at radius 2 is 1.61 bits per heavy atom. The molecule has 0 saturated heterocycles. The molecule has 0 aliphatic heterocycles. The highest BCUT2D eigenvalue weighted by atomic mass is 16.4. The van der Waals surface area contributed by atoms with E-state index in [4.69, 9.17) is 15.9 Å². The second-order valence-corrected chi connectivity index (χ2v) is 7.17. The first-order chi connectivity index (χ1) is 10.3. The van der Waals surface area contributed by atoms with Gasteiger partial charge in [-0.2, -0.15) is 0 Å². The van der Waals surface area contributed by atoms with Crippen LogP contribution in [-0.4, -0.2) is 40.0 Å². The molecule has 1 atom stereocenters. The summed E-state index contributed by atoms with van der Waals surface area (Å²) in [5.41, 5.74) is 3.35. The molecule has 0 bridgehead atoms. The van der Waals surface area contributed by atoms with Gasteiger partial charge in [-0.25, -0.2) is 4.79 Å². The third-order valence-electron chi connectivity index (χ3n) is 3.45. The Morgan fingerprint density at radius 3 is 2.00 bits per heavy atom. The number of carboxylic acids is 2. The van der Waals surface area contributed by atoms with Gasteiger partial charge in [0.05, 0.1) is 5.41 Å². The van der Waals surface area contributed by atoms with Crippen molar-refractivity contribution in [3.8, 4) is 0 Å². The van der Waals surface area contributed by atoms with Crippen LogP contribution in [0.3, 0.4) is 0 Å². The van der Waals surface area contributed by atoms with E-state index >= 15 is 0 Å². The first-order valence-corrected chi connectivity index (χ1v) is 7.31. The van der Waals surface area contributed by atoms with Crippen LogP contribution >= 0.6 is 0 Å². The van der Waals surface area contributed by atoms with Gasteiger partial charge in [0.2, 0.25) is 11.8 Å². The zero-order chi connectivity index (χ0) is 18.4. The summed E-state index contributed by atoms with van der Waals surface area (Å²) in [5, 5.41) is 20.6. The van der Waals surface area contributed by atoms with E-state index in [1.54, 1.807) is 27.7 Å². The standard InChI is InChI=1S/C15H26N2O6/c1-14(2,8-15(3,4)13(22)23)7-11(19)17-9(12(20)21)5-6-10(16)18/h9H,5-8H2,1-4H3,(H2,16,18)(H,17,19)(H,20,21)(H,22,23). The van der Waals surface area contributed by atoms with Crippen LogP contribution in [0, 0.1) is 10.8 Å². The quantitative estimate of drug-likeness (QED) is 0.464. The third-order valence-corrected chi connectivity index (χ3v) is 3.45.